The quantitative estimate of drug-likeness (QED) is 0.799. The minimum atomic E-state index is 0.246. The molecule has 0 bridgehead atoms. The lowest BCUT2D eigenvalue weighted by atomic mass is 10.2. The second kappa shape index (κ2) is 6.32. The van der Waals surface area contributed by atoms with E-state index in [0.717, 1.165) is 58.4 Å². The molecule has 3 rings (SSSR count). The van der Waals surface area contributed by atoms with E-state index in [0.29, 0.717) is 0 Å². The van der Waals surface area contributed by atoms with Crippen LogP contribution in [-0.4, -0.2) is 68.5 Å². The fourth-order valence-corrected chi connectivity index (χ4v) is 2.63. The zero-order chi connectivity index (χ0) is 12.9. The largest absolute Gasteiger partial charge is 0.376 e. The van der Waals surface area contributed by atoms with Gasteiger partial charge in [-0.25, -0.2) is 4.98 Å². The number of ether oxygens (including phenoxy) is 2. The summed E-state index contributed by atoms with van der Waals surface area (Å²) < 4.78 is 11.1. The van der Waals surface area contributed by atoms with Gasteiger partial charge in [0.05, 0.1) is 25.9 Å². The van der Waals surface area contributed by atoms with E-state index in [1.54, 1.807) is 0 Å². The highest BCUT2D eigenvalue weighted by molar-refractivity contribution is 5.38. The monoisotopic (exact) mass is 263 g/mol. The van der Waals surface area contributed by atoms with Gasteiger partial charge in [0.2, 0.25) is 0 Å². The van der Waals surface area contributed by atoms with Gasteiger partial charge in [0, 0.05) is 38.9 Å². The molecule has 1 aromatic heterocycles. The van der Waals surface area contributed by atoms with E-state index < -0.39 is 0 Å². The maximum atomic E-state index is 5.70. The number of hydrogen-bond acceptors (Lipinski definition) is 5. The minimum Gasteiger partial charge on any atom is -0.376 e. The smallest absolute Gasteiger partial charge is 0.128 e. The molecule has 1 aromatic rings. The van der Waals surface area contributed by atoms with E-state index in [9.17, 15) is 0 Å². The van der Waals surface area contributed by atoms with Crippen molar-refractivity contribution in [1.82, 2.24) is 9.88 Å². The van der Waals surface area contributed by atoms with Crippen LogP contribution in [0.5, 0.6) is 0 Å². The maximum absolute atomic E-state index is 5.70. The van der Waals surface area contributed by atoms with Crippen LogP contribution >= 0.6 is 0 Å². The van der Waals surface area contributed by atoms with E-state index in [-0.39, 0.29) is 6.10 Å². The zero-order valence-electron chi connectivity index (χ0n) is 11.2. The van der Waals surface area contributed by atoms with Gasteiger partial charge in [0.15, 0.2) is 0 Å². The van der Waals surface area contributed by atoms with E-state index in [2.05, 4.69) is 20.9 Å². The summed E-state index contributed by atoms with van der Waals surface area (Å²) in [5.74, 6) is 1.08. The molecule has 1 unspecified atom stereocenters. The molecule has 0 aliphatic carbocycles. The van der Waals surface area contributed by atoms with Crippen molar-refractivity contribution in [3.05, 3.63) is 24.4 Å². The van der Waals surface area contributed by atoms with Gasteiger partial charge in [0.1, 0.15) is 5.82 Å². The second-order valence-corrected chi connectivity index (χ2v) is 5.04. The van der Waals surface area contributed by atoms with Crippen LogP contribution in [-0.2, 0) is 9.47 Å². The number of rotatable bonds is 3. The van der Waals surface area contributed by atoms with Crippen LogP contribution in [0, 0.1) is 0 Å². The Balaban J connectivity index is 1.46. The number of anilines is 1. The molecular formula is C14H21N3O2. The molecule has 0 spiro atoms. The van der Waals surface area contributed by atoms with Crippen LogP contribution in [0.1, 0.15) is 0 Å². The summed E-state index contributed by atoms with van der Waals surface area (Å²) in [4.78, 5) is 9.20. The fraction of sp³-hybridized carbons (Fsp3) is 0.643. The number of pyridine rings is 1. The Labute approximate surface area is 114 Å². The Morgan fingerprint density at radius 1 is 1.16 bits per heavy atom. The SMILES string of the molecule is c1ccc(N2CCN(CC3COCCO3)CC2)nc1. The highest BCUT2D eigenvalue weighted by atomic mass is 16.6. The normalized spacial score (nSPS) is 25.5. The molecule has 2 fully saturated rings. The summed E-state index contributed by atoms with van der Waals surface area (Å²) in [6.07, 6.45) is 2.10. The van der Waals surface area contributed by atoms with Crippen LogP contribution < -0.4 is 4.90 Å². The molecule has 2 aliphatic heterocycles. The zero-order valence-corrected chi connectivity index (χ0v) is 11.2. The Hall–Kier alpha value is -1.17. The van der Waals surface area contributed by atoms with Gasteiger partial charge in [-0.15, -0.1) is 0 Å². The van der Waals surface area contributed by atoms with Crippen molar-refractivity contribution in [3.8, 4) is 0 Å². The van der Waals surface area contributed by atoms with Gasteiger partial charge in [-0.2, -0.15) is 0 Å². The molecule has 5 nitrogen and oxygen atoms in total. The molecule has 0 aromatic carbocycles. The number of hydrogen-bond donors (Lipinski definition) is 0. The molecular weight excluding hydrogens is 242 g/mol. The third-order valence-electron chi connectivity index (χ3n) is 3.69. The summed E-state index contributed by atoms with van der Waals surface area (Å²) in [5, 5.41) is 0. The predicted octanol–water partition coefficient (Wildman–Crippen LogP) is 0.619. The van der Waals surface area contributed by atoms with Crippen molar-refractivity contribution in [2.75, 3.05) is 57.4 Å². The number of nitrogens with zero attached hydrogens (tertiary/aromatic N) is 3. The van der Waals surface area contributed by atoms with Crippen molar-refractivity contribution in [1.29, 1.82) is 0 Å². The summed E-state index contributed by atoms with van der Waals surface area (Å²) in [6.45, 7) is 7.39. The third-order valence-corrected chi connectivity index (χ3v) is 3.69. The minimum absolute atomic E-state index is 0.246. The first kappa shape index (κ1) is 12.8. The van der Waals surface area contributed by atoms with E-state index >= 15 is 0 Å². The lowest BCUT2D eigenvalue weighted by Crippen LogP contribution is -2.50. The average molecular weight is 263 g/mol. The van der Waals surface area contributed by atoms with E-state index in [4.69, 9.17) is 9.47 Å². The summed E-state index contributed by atoms with van der Waals surface area (Å²) in [5.41, 5.74) is 0. The first-order chi connectivity index (χ1) is 9.42. The lowest BCUT2D eigenvalue weighted by Gasteiger charge is -2.37. The molecule has 2 aliphatic rings. The Kier molecular flexibility index (Phi) is 4.27. The van der Waals surface area contributed by atoms with E-state index in [1.165, 1.54) is 0 Å². The molecule has 0 radical (unpaired) electrons. The van der Waals surface area contributed by atoms with Gasteiger partial charge < -0.3 is 14.4 Å². The highest BCUT2D eigenvalue weighted by Gasteiger charge is 2.22. The van der Waals surface area contributed by atoms with Gasteiger partial charge in [-0.05, 0) is 12.1 Å². The molecule has 0 N–H and O–H groups in total. The molecule has 104 valence electrons. The first-order valence-electron chi connectivity index (χ1n) is 6.99. The predicted molar refractivity (Wildman–Crippen MR) is 73.4 cm³/mol. The fourth-order valence-electron chi connectivity index (χ4n) is 2.63. The van der Waals surface area contributed by atoms with Crippen molar-refractivity contribution in [2.45, 2.75) is 6.10 Å². The van der Waals surface area contributed by atoms with Crippen molar-refractivity contribution in [3.63, 3.8) is 0 Å². The maximum Gasteiger partial charge on any atom is 0.128 e. The molecule has 3 heterocycles. The first-order valence-corrected chi connectivity index (χ1v) is 6.99. The highest BCUT2D eigenvalue weighted by Crippen LogP contribution is 2.13. The van der Waals surface area contributed by atoms with Crippen LogP contribution in [0.3, 0.4) is 0 Å². The van der Waals surface area contributed by atoms with Gasteiger partial charge in [-0.3, -0.25) is 4.90 Å². The molecule has 0 saturated carbocycles. The molecule has 0 amide bonds. The Bertz CT molecular complexity index is 374. The summed E-state index contributed by atoms with van der Waals surface area (Å²) >= 11 is 0. The second-order valence-electron chi connectivity index (χ2n) is 5.04. The summed E-state index contributed by atoms with van der Waals surface area (Å²) in [7, 11) is 0. The van der Waals surface area contributed by atoms with Crippen LogP contribution in [0.4, 0.5) is 5.82 Å². The Morgan fingerprint density at radius 2 is 2.05 bits per heavy atom. The van der Waals surface area contributed by atoms with Crippen LogP contribution in [0.25, 0.3) is 0 Å². The average Bonchev–Trinajstić information content (AvgIpc) is 2.50. The molecule has 2 saturated heterocycles. The number of piperazine rings is 1. The van der Waals surface area contributed by atoms with Gasteiger partial charge >= 0.3 is 0 Å². The topological polar surface area (TPSA) is 37.8 Å². The van der Waals surface area contributed by atoms with Crippen molar-refractivity contribution < 1.29 is 9.47 Å². The molecule has 19 heavy (non-hydrogen) atoms. The lowest BCUT2D eigenvalue weighted by molar-refractivity contribution is -0.0977. The van der Waals surface area contributed by atoms with Gasteiger partial charge in [-0.1, -0.05) is 6.07 Å². The van der Waals surface area contributed by atoms with Crippen molar-refractivity contribution in [2.24, 2.45) is 0 Å². The van der Waals surface area contributed by atoms with Crippen molar-refractivity contribution >= 4 is 5.82 Å². The Morgan fingerprint density at radius 3 is 2.74 bits per heavy atom. The summed E-state index contributed by atoms with van der Waals surface area (Å²) in [6, 6.07) is 6.08. The van der Waals surface area contributed by atoms with E-state index in [1.807, 2.05) is 18.3 Å². The van der Waals surface area contributed by atoms with Crippen LogP contribution in [0.2, 0.25) is 0 Å². The molecule has 1 atom stereocenters. The number of aromatic nitrogens is 1. The van der Waals surface area contributed by atoms with Crippen LogP contribution in [0.15, 0.2) is 24.4 Å². The molecule has 5 heteroatoms. The standard InChI is InChI=1S/C14H21N3O2/c1-2-4-15-14(3-1)17-7-5-16(6-8-17)11-13-12-18-9-10-19-13/h1-4,13H,5-12H2. The van der Waals surface area contributed by atoms with Gasteiger partial charge in [0.25, 0.3) is 0 Å². The third kappa shape index (κ3) is 3.43.